The fourth-order valence-corrected chi connectivity index (χ4v) is 17.2. The largest absolute Gasteiger partial charge is 0.394 e. The summed E-state index contributed by atoms with van der Waals surface area (Å²) < 4.78 is 60.9. The van der Waals surface area contributed by atoms with Crippen LogP contribution < -0.4 is 0 Å². The van der Waals surface area contributed by atoms with Gasteiger partial charge in [-0.05, 0) is 124 Å². The van der Waals surface area contributed by atoms with Gasteiger partial charge in [0.15, 0.2) is 31.5 Å². The molecule has 5 saturated heterocycles. The molecule has 4 saturated carbocycles. The molecule has 84 heavy (non-hydrogen) atoms. The quantitative estimate of drug-likeness (QED) is 0.0477. The SMILES string of the molecule is CC(C)=CCCC(C)(O[C@@H]1O[C@H](CO[C@@H]2O[C@@H](CO)[C@H](O)[C@H]2O[C@@H]2OC[C@@H](O)[C@H](O)[C@H]2O)[C@@H](O)[C@H](O)[C@H]1O)[C@H]1CC[C@]2(C)[C@@H]1[C@H](O)C[C@@H]1[C@@]3(C)CC[C@H](O[C@@H]4O[C@H](CO)[C@@H](O)[C@H](O)[C@H]4O[C@@H]4O[C@H](CO)[C@@H](O)[C@H](O)[C@H]4O)C(C)(C)[C@@H]3CC[C@]12C. The van der Waals surface area contributed by atoms with Crippen molar-refractivity contribution in [2.45, 2.75) is 272 Å². The Bertz CT molecular complexity index is 2210. The number of rotatable bonds is 18. The van der Waals surface area contributed by atoms with Crippen molar-refractivity contribution >= 4 is 0 Å². The molecule has 0 radical (unpaired) electrons. The van der Waals surface area contributed by atoms with Gasteiger partial charge in [-0.2, -0.15) is 0 Å². The lowest BCUT2D eigenvalue weighted by Gasteiger charge is -2.71. The van der Waals surface area contributed by atoms with Crippen LogP contribution in [0.2, 0.25) is 0 Å². The van der Waals surface area contributed by atoms with Crippen molar-refractivity contribution in [3.8, 4) is 0 Å². The number of hydrogen-bond donors (Lipinski definition) is 16. The molecule has 4 aliphatic carbocycles. The van der Waals surface area contributed by atoms with E-state index in [0.717, 1.165) is 24.8 Å². The fraction of sp³-hybridized carbons (Fsp3) is 0.966. The van der Waals surface area contributed by atoms with E-state index in [1.165, 1.54) is 0 Å². The van der Waals surface area contributed by atoms with Gasteiger partial charge in [-0.1, -0.05) is 46.3 Å². The van der Waals surface area contributed by atoms with Crippen molar-refractivity contribution in [1.29, 1.82) is 0 Å². The van der Waals surface area contributed by atoms with Crippen molar-refractivity contribution < 1.29 is 129 Å². The summed E-state index contributed by atoms with van der Waals surface area (Å²) in [6, 6.07) is 0. The van der Waals surface area contributed by atoms with Crippen LogP contribution >= 0.6 is 0 Å². The Balaban J connectivity index is 0.918. The van der Waals surface area contributed by atoms with Gasteiger partial charge in [-0.3, -0.25) is 0 Å². The molecule has 5 aliphatic heterocycles. The van der Waals surface area contributed by atoms with Crippen molar-refractivity contribution in [3.05, 3.63) is 11.6 Å². The molecule has 33 atom stereocenters. The molecule has 9 aliphatic rings. The second-order valence-electron chi connectivity index (χ2n) is 27.6. The highest BCUT2D eigenvalue weighted by Gasteiger charge is 2.72. The highest BCUT2D eigenvalue weighted by Crippen LogP contribution is 2.76. The maximum atomic E-state index is 12.9. The molecule has 0 aromatic carbocycles. The normalized spacial score (nSPS) is 52.9. The third-order valence-corrected chi connectivity index (χ3v) is 22.3. The van der Waals surface area contributed by atoms with Crippen LogP contribution in [0, 0.1) is 45.3 Å². The topological polar surface area (TPSA) is 416 Å². The molecule has 0 aromatic heterocycles. The van der Waals surface area contributed by atoms with Crippen LogP contribution in [-0.2, 0) is 47.4 Å². The third kappa shape index (κ3) is 11.9. The van der Waals surface area contributed by atoms with E-state index < -0.39 is 203 Å². The highest BCUT2D eigenvalue weighted by molar-refractivity contribution is 5.21. The van der Waals surface area contributed by atoms with Crippen LogP contribution in [0.15, 0.2) is 11.6 Å². The zero-order valence-corrected chi connectivity index (χ0v) is 49.5. The number of ether oxygens (including phenoxy) is 10. The summed E-state index contributed by atoms with van der Waals surface area (Å²) in [5.41, 5.74) is -1.72. The van der Waals surface area contributed by atoms with Crippen molar-refractivity contribution in [2.24, 2.45) is 45.3 Å². The number of aliphatic hydroxyl groups excluding tert-OH is 16. The van der Waals surface area contributed by atoms with E-state index in [2.05, 4.69) is 40.7 Å². The van der Waals surface area contributed by atoms with E-state index in [-0.39, 0.29) is 34.5 Å². The monoisotopic (exact) mass is 1210 g/mol. The van der Waals surface area contributed by atoms with Gasteiger partial charge in [0.2, 0.25) is 0 Å². The molecule has 26 heteroatoms. The summed E-state index contributed by atoms with van der Waals surface area (Å²) in [5.74, 6) is -0.565. The first kappa shape index (κ1) is 67.1. The van der Waals surface area contributed by atoms with Crippen LogP contribution in [0.1, 0.15) is 113 Å². The van der Waals surface area contributed by atoms with Gasteiger partial charge in [0.05, 0.1) is 50.8 Å². The second-order valence-corrected chi connectivity index (χ2v) is 27.6. The minimum atomic E-state index is -1.83. The molecule has 16 N–H and O–H groups in total. The molecule has 0 bridgehead atoms. The average molecular weight is 1210 g/mol. The second kappa shape index (κ2) is 25.8. The summed E-state index contributed by atoms with van der Waals surface area (Å²) in [4.78, 5) is 0. The Kier molecular flexibility index (Phi) is 20.6. The smallest absolute Gasteiger partial charge is 0.187 e. The maximum absolute atomic E-state index is 12.9. The molecule has 0 spiro atoms. The van der Waals surface area contributed by atoms with Gasteiger partial charge in [0.1, 0.15) is 110 Å². The summed E-state index contributed by atoms with van der Waals surface area (Å²) in [6.07, 6.45) is -29.8. The molecule has 0 amide bonds. The number of allylic oxidation sites excluding steroid dienone is 2. The van der Waals surface area contributed by atoms with Crippen LogP contribution in [0.5, 0.6) is 0 Å². The third-order valence-electron chi connectivity index (χ3n) is 22.3. The van der Waals surface area contributed by atoms with E-state index in [1.54, 1.807) is 0 Å². The standard InChI is InChI=1S/C58H98O26/c1-24(2)10-9-14-58(8,84-51-46(74)42(70)39(67)31(80-51)23-76-52-47(40(68)30(21-61)78-52)82-49-44(72)36(64)27(63)22-75-49)25-11-16-57(7)35(25)26(62)18-33-55(5)15-13-34(54(3,4)32(55)12-17-56(33,57)6)81-53-48(43(71)38(66)29(20-60)79-53)83-50-45(73)41(69)37(65)28(19-59)77-50/h10,25-53,59-74H,9,11-23H2,1-8H3/t25-,26+,27+,28+,29+,30-,31+,32-,33+,34-,35-,36-,37+,38+,39+,40-,41-,42-,43-,44+,45+,46+,47+,48+,49-,50-,51-,52+,53-,55-,56+,57+,58?/m0/s1. The van der Waals surface area contributed by atoms with Crippen LogP contribution in [0.4, 0.5) is 0 Å². The minimum absolute atomic E-state index is 0.0176. The van der Waals surface area contributed by atoms with E-state index in [4.69, 9.17) is 47.4 Å². The molecule has 0 aromatic rings. The van der Waals surface area contributed by atoms with Gasteiger partial charge in [-0.25, -0.2) is 0 Å². The summed E-state index contributed by atoms with van der Waals surface area (Å²) in [5, 5.41) is 174. The highest BCUT2D eigenvalue weighted by atomic mass is 16.8. The first-order chi connectivity index (χ1) is 39.4. The Labute approximate surface area is 490 Å². The maximum Gasteiger partial charge on any atom is 0.187 e. The van der Waals surface area contributed by atoms with E-state index in [9.17, 15) is 81.7 Å². The predicted octanol–water partition coefficient (Wildman–Crippen LogP) is -3.10. The van der Waals surface area contributed by atoms with Crippen LogP contribution in [0.25, 0.3) is 0 Å². The Morgan fingerprint density at radius 2 is 1.06 bits per heavy atom. The zero-order valence-electron chi connectivity index (χ0n) is 49.5. The predicted molar refractivity (Wildman–Crippen MR) is 287 cm³/mol. The summed E-state index contributed by atoms with van der Waals surface area (Å²) >= 11 is 0. The van der Waals surface area contributed by atoms with Gasteiger partial charge in [-0.15, -0.1) is 0 Å². The lowest BCUT2D eigenvalue weighted by Crippen LogP contribution is -2.68. The molecular weight excluding hydrogens is 1110 g/mol. The Hall–Kier alpha value is -1.30. The van der Waals surface area contributed by atoms with Gasteiger partial charge < -0.3 is 129 Å². The van der Waals surface area contributed by atoms with Crippen molar-refractivity contribution in [3.63, 3.8) is 0 Å². The van der Waals surface area contributed by atoms with E-state index in [0.29, 0.717) is 38.5 Å². The first-order valence-electron chi connectivity index (χ1n) is 30.2. The summed E-state index contributed by atoms with van der Waals surface area (Å²) in [7, 11) is 0. The lowest BCUT2D eigenvalue weighted by atomic mass is 9.35. The number of hydrogen-bond acceptors (Lipinski definition) is 26. The molecule has 9 rings (SSSR count). The molecule has 486 valence electrons. The van der Waals surface area contributed by atoms with Crippen LogP contribution in [-0.4, -0.2) is 274 Å². The first-order valence-corrected chi connectivity index (χ1v) is 30.2. The van der Waals surface area contributed by atoms with E-state index >= 15 is 0 Å². The zero-order chi connectivity index (χ0) is 61.5. The van der Waals surface area contributed by atoms with E-state index in [1.807, 2.05) is 20.8 Å². The molecule has 5 heterocycles. The average Bonchev–Trinajstić information content (AvgIpc) is 1.32. The van der Waals surface area contributed by atoms with Crippen LogP contribution in [0.3, 0.4) is 0 Å². The Morgan fingerprint density at radius 3 is 1.70 bits per heavy atom. The summed E-state index contributed by atoms with van der Waals surface area (Å²) in [6.45, 7) is 14.1. The molecule has 9 fully saturated rings. The lowest BCUT2D eigenvalue weighted by molar-refractivity contribution is -0.378. The number of aliphatic hydroxyl groups is 16. The Morgan fingerprint density at radius 1 is 0.524 bits per heavy atom. The van der Waals surface area contributed by atoms with Gasteiger partial charge in [0.25, 0.3) is 0 Å². The fourth-order valence-electron chi connectivity index (χ4n) is 17.2. The molecular formula is C58H98O26. The van der Waals surface area contributed by atoms with Gasteiger partial charge >= 0.3 is 0 Å². The van der Waals surface area contributed by atoms with Crippen molar-refractivity contribution in [1.82, 2.24) is 0 Å². The van der Waals surface area contributed by atoms with Crippen molar-refractivity contribution in [2.75, 3.05) is 33.0 Å². The van der Waals surface area contributed by atoms with Gasteiger partial charge in [0, 0.05) is 0 Å². The minimum Gasteiger partial charge on any atom is -0.394 e. The number of fused-ring (bicyclic) bond motifs is 5. The molecule has 1 unspecified atom stereocenters. The molecule has 26 nitrogen and oxygen atoms in total.